The smallest absolute Gasteiger partial charge is 0.256 e. The number of rotatable bonds is 6. The molecule has 36 heavy (non-hydrogen) atoms. The molecule has 3 aromatic carbocycles. The summed E-state index contributed by atoms with van der Waals surface area (Å²) >= 11 is 5.87. The van der Waals surface area contributed by atoms with Gasteiger partial charge in [0.15, 0.2) is 0 Å². The van der Waals surface area contributed by atoms with E-state index >= 15 is 0 Å². The molecule has 1 fully saturated rings. The monoisotopic (exact) mass is 505 g/mol. The molecule has 184 valence electrons. The average Bonchev–Trinajstić information content (AvgIpc) is 3.65. The van der Waals surface area contributed by atoms with Gasteiger partial charge < -0.3 is 15.5 Å². The maximum Gasteiger partial charge on any atom is 0.256 e. The fraction of sp³-hybridized carbons (Fsp3) is 0.250. The van der Waals surface area contributed by atoms with E-state index in [0.717, 1.165) is 18.4 Å². The molecule has 2 aliphatic rings. The van der Waals surface area contributed by atoms with Crippen LogP contribution >= 0.6 is 11.6 Å². The third-order valence-electron chi connectivity index (χ3n) is 6.73. The molecule has 1 unspecified atom stereocenters. The summed E-state index contributed by atoms with van der Waals surface area (Å²) in [6.45, 7) is 3.81. The second-order valence-corrected chi connectivity index (χ2v) is 9.71. The lowest BCUT2D eigenvalue weighted by molar-refractivity contribution is -0.125. The van der Waals surface area contributed by atoms with Crippen LogP contribution in [0.4, 0.5) is 10.1 Å². The van der Waals surface area contributed by atoms with Crippen LogP contribution in [0.15, 0.2) is 54.6 Å². The van der Waals surface area contributed by atoms with Crippen molar-refractivity contribution >= 4 is 35.0 Å². The Balaban J connectivity index is 1.47. The number of benzene rings is 3. The first-order valence-electron chi connectivity index (χ1n) is 11.8. The Labute approximate surface area is 213 Å². The predicted octanol–water partition coefficient (Wildman–Crippen LogP) is 5.32. The van der Waals surface area contributed by atoms with Crippen LogP contribution in [-0.4, -0.2) is 28.7 Å². The van der Waals surface area contributed by atoms with E-state index < -0.39 is 11.9 Å². The molecule has 1 aliphatic heterocycles. The molecule has 0 bridgehead atoms. The van der Waals surface area contributed by atoms with E-state index in [9.17, 15) is 18.8 Å². The van der Waals surface area contributed by atoms with Crippen LogP contribution in [-0.2, 0) is 11.3 Å². The highest BCUT2D eigenvalue weighted by molar-refractivity contribution is 6.30. The van der Waals surface area contributed by atoms with Gasteiger partial charge in [0.05, 0.1) is 16.1 Å². The molecular weight excluding hydrogens is 481 g/mol. The Morgan fingerprint density at radius 2 is 1.81 bits per heavy atom. The Bertz CT molecular complexity index is 1400. The van der Waals surface area contributed by atoms with E-state index in [1.165, 1.54) is 12.1 Å². The Kier molecular flexibility index (Phi) is 6.26. The largest absolute Gasteiger partial charge is 0.350 e. The van der Waals surface area contributed by atoms with Gasteiger partial charge in [0.2, 0.25) is 5.91 Å². The molecule has 1 atom stereocenters. The molecule has 1 heterocycles. The van der Waals surface area contributed by atoms with Gasteiger partial charge in [-0.3, -0.25) is 14.4 Å². The Hall–Kier alpha value is -3.71. The van der Waals surface area contributed by atoms with Gasteiger partial charge in [-0.25, -0.2) is 4.39 Å². The Morgan fingerprint density at radius 3 is 2.50 bits per heavy atom. The fourth-order valence-corrected chi connectivity index (χ4v) is 4.90. The van der Waals surface area contributed by atoms with E-state index in [2.05, 4.69) is 10.6 Å². The zero-order chi connectivity index (χ0) is 25.6. The minimum atomic E-state index is -0.846. The summed E-state index contributed by atoms with van der Waals surface area (Å²) in [5, 5.41) is 5.76. The first kappa shape index (κ1) is 24.0. The third kappa shape index (κ3) is 4.35. The van der Waals surface area contributed by atoms with E-state index in [0.29, 0.717) is 22.4 Å². The van der Waals surface area contributed by atoms with Crippen molar-refractivity contribution in [3.8, 4) is 0 Å². The van der Waals surface area contributed by atoms with Gasteiger partial charge in [-0.2, -0.15) is 0 Å². The van der Waals surface area contributed by atoms with Crippen LogP contribution in [0.25, 0.3) is 0 Å². The standard InChI is InChI=1S/C28H25ClFN3O3/c1-15-5-3-4-6-22(15)32-26(34)23-16(2)7-11-19-24(23)28(36)33(18-9-10-18)25(19)27(35)31-14-17-8-12-21(30)20(29)13-17/h3-8,11-13,18,25H,9-10,14H2,1-2H3,(H,31,35)(H,32,34). The van der Waals surface area contributed by atoms with Crippen molar-refractivity contribution < 1.29 is 18.8 Å². The maximum atomic E-state index is 13.7. The van der Waals surface area contributed by atoms with E-state index in [1.807, 2.05) is 31.2 Å². The topological polar surface area (TPSA) is 78.5 Å². The highest BCUT2D eigenvalue weighted by atomic mass is 35.5. The van der Waals surface area contributed by atoms with E-state index in [4.69, 9.17) is 11.6 Å². The van der Waals surface area contributed by atoms with Gasteiger partial charge in [0, 0.05) is 18.3 Å². The second-order valence-electron chi connectivity index (χ2n) is 9.30. The zero-order valence-electron chi connectivity index (χ0n) is 19.9. The first-order chi connectivity index (χ1) is 17.3. The number of hydrogen-bond donors (Lipinski definition) is 2. The molecular formula is C28H25ClFN3O3. The summed E-state index contributed by atoms with van der Waals surface area (Å²) in [5.41, 5.74) is 3.94. The van der Waals surface area contributed by atoms with Crippen molar-refractivity contribution in [2.24, 2.45) is 0 Å². The third-order valence-corrected chi connectivity index (χ3v) is 7.02. The van der Waals surface area contributed by atoms with Gasteiger partial charge in [-0.05, 0) is 67.1 Å². The summed E-state index contributed by atoms with van der Waals surface area (Å²) in [4.78, 5) is 42.1. The molecule has 2 N–H and O–H groups in total. The quantitative estimate of drug-likeness (QED) is 0.475. The summed E-state index contributed by atoms with van der Waals surface area (Å²) < 4.78 is 13.5. The number of hydrogen-bond acceptors (Lipinski definition) is 3. The van der Waals surface area contributed by atoms with Crippen LogP contribution in [0.5, 0.6) is 0 Å². The number of carbonyl (C=O) groups excluding carboxylic acids is 3. The number of halogens is 2. The number of nitrogens with one attached hydrogen (secondary N) is 2. The van der Waals surface area contributed by atoms with Crippen molar-refractivity contribution in [1.82, 2.24) is 10.2 Å². The lowest BCUT2D eigenvalue weighted by atomic mass is 9.94. The van der Waals surface area contributed by atoms with Crippen molar-refractivity contribution in [3.05, 3.63) is 98.8 Å². The molecule has 0 spiro atoms. The molecule has 3 amide bonds. The van der Waals surface area contributed by atoms with Gasteiger partial charge in [-0.1, -0.05) is 48.0 Å². The highest BCUT2D eigenvalue weighted by Gasteiger charge is 2.49. The number of nitrogens with zero attached hydrogens (tertiary/aromatic N) is 1. The molecule has 6 nitrogen and oxygen atoms in total. The fourth-order valence-electron chi connectivity index (χ4n) is 4.70. The molecule has 3 aromatic rings. The second kappa shape index (κ2) is 9.39. The summed E-state index contributed by atoms with van der Waals surface area (Å²) in [5.74, 6) is -1.58. The molecule has 0 saturated heterocycles. The number of aryl methyl sites for hydroxylation is 2. The summed E-state index contributed by atoms with van der Waals surface area (Å²) in [6, 6.07) is 14.3. The lowest BCUT2D eigenvalue weighted by Gasteiger charge is -2.24. The van der Waals surface area contributed by atoms with E-state index in [-0.39, 0.29) is 46.5 Å². The molecule has 8 heteroatoms. The summed E-state index contributed by atoms with van der Waals surface area (Å²) in [7, 11) is 0. The minimum Gasteiger partial charge on any atom is -0.350 e. The molecule has 0 aromatic heterocycles. The van der Waals surface area contributed by atoms with Crippen LogP contribution in [0.3, 0.4) is 0 Å². The van der Waals surface area contributed by atoms with Gasteiger partial charge in [-0.15, -0.1) is 0 Å². The van der Waals surface area contributed by atoms with Gasteiger partial charge >= 0.3 is 0 Å². The average molecular weight is 506 g/mol. The molecule has 1 saturated carbocycles. The van der Waals surface area contributed by atoms with Crippen LogP contribution < -0.4 is 10.6 Å². The zero-order valence-corrected chi connectivity index (χ0v) is 20.7. The van der Waals surface area contributed by atoms with Crippen molar-refractivity contribution in [1.29, 1.82) is 0 Å². The number of fused-ring (bicyclic) bond motifs is 1. The Morgan fingerprint density at radius 1 is 1.06 bits per heavy atom. The van der Waals surface area contributed by atoms with Crippen LogP contribution in [0.1, 0.15) is 61.9 Å². The number of carbonyl (C=O) groups is 3. The van der Waals surface area contributed by atoms with Crippen molar-refractivity contribution in [2.75, 3.05) is 5.32 Å². The minimum absolute atomic E-state index is 0.0254. The van der Waals surface area contributed by atoms with Crippen LogP contribution in [0.2, 0.25) is 5.02 Å². The first-order valence-corrected chi connectivity index (χ1v) is 12.2. The lowest BCUT2D eigenvalue weighted by Crippen LogP contribution is -2.40. The van der Waals surface area contributed by atoms with Crippen molar-refractivity contribution in [2.45, 2.75) is 45.3 Å². The van der Waals surface area contributed by atoms with E-state index in [1.54, 1.807) is 30.0 Å². The normalized spacial score (nSPS) is 16.6. The number of anilines is 1. The molecule has 0 radical (unpaired) electrons. The number of para-hydroxylation sites is 1. The summed E-state index contributed by atoms with van der Waals surface area (Å²) in [6.07, 6.45) is 1.61. The van der Waals surface area contributed by atoms with Gasteiger partial charge in [0.25, 0.3) is 11.8 Å². The van der Waals surface area contributed by atoms with Crippen molar-refractivity contribution in [3.63, 3.8) is 0 Å². The van der Waals surface area contributed by atoms with Gasteiger partial charge in [0.1, 0.15) is 11.9 Å². The van der Waals surface area contributed by atoms with Crippen LogP contribution in [0, 0.1) is 19.7 Å². The number of amides is 3. The molecule has 1 aliphatic carbocycles. The highest BCUT2D eigenvalue weighted by Crippen LogP contribution is 2.44. The SMILES string of the molecule is Cc1ccccc1NC(=O)c1c(C)ccc2c1C(=O)N(C1CC1)C2C(=O)NCc1ccc(F)c(Cl)c1. The maximum absolute atomic E-state index is 13.7. The predicted molar refractivity (Wildman–Crippen MR) is 136 cm³/mol. The molecule has 5 rings (SSSR count).